The number of benzene rings is 7. The Morgan fingerprint density at radius 2 is 0.690 bits per heavy atom. The minimum Gasteiger partial charge on any atom is -0.494 e. The van der Waals surface area contributed by atoms with E-state index in [2.05, 4.69) is 18.6 Å². The van der Waals surface area contributed by atoms with Gasteiger partial charge in [0.1, 0.15) is 34.5 Å². The zero-order valence-electron chi connectivity index (χ0n) is 45.0. The van der Waals surface area contributed by atoms with Crippen molar-refractivity contribution in [1.29, 1.82) is 0 Å². The van der Waals surface area contributed by atoms with Gasteiger partial charge in [-0.15, -0.1) is 0 Å². The Morgan fingerprint density at radius 1 is 0.417 bits per heavy atom. The Bertz CT molecular complexity index is 3320. The van der Waals surface area contributed by atoms with Crippen molar-refractivity contribution in [1.82, 2.24) is 0 Å². The van der Waals surface area contributed by atoms with Gasteiger partial charge in [-0.2, -0.15) is 6.42 Å². The standard InChI is InChI=1S/C60H49I2O17.C3H5O.U/c1-2-3-33-70-45-20-8-41(9-21-45)57(65)74-51-35-54(77-60(68)44-14-26-48(27-15-44)73-56(64)40-18-30-50(79-62)31-19-40)52(75-58(66)42-10-22-46(23-11-42)71-34-5-4-32-69-37-38-6-7-38)36-53(51)76-59(67)43-12-24-47(25-13-43)72-55(63)39-16-28-49(78-61)29-17-39;1-3-2-4-3;/h8-31,35-36,38H,1-7,32-34,37H2;3H,1-2H2;/q2*-1;+2. The van der Waals surface area contributed by atoms with Crippen molar-refractivity contribution in [3.8, 4) is 57.5 Å². The molecule has 432 valence electrons. The minimum atomic E-state index is -0.982. The van der Waals surface area contributed by atoms with Gasteiger partial charge in [0, 0.05) is 32.0 Å². The number of carbonyl (C=O) groups is 6. The monoisotopic (exact) mass is 1590 g/mol. The van der Waals surface area contributed by atoms with Gasteiger partial charge in [-0.1, -0.05) is 0 Å². The zero-order chi connectivity index (χ0) is 58.5. The average Bonchev–Trinajstić information content (AvgIpc) is 4.62. The zero-order valence-corrected chi connectivity index (χ0v) is 53.4. The van der Waals surface area contributed by atoms with Crippen LogP contribution in [0.4, 0.5) is 0 Å². The second kappa shape index (κ2) is 32.9. The normalized spacial score (nSPS) is 12.8. The molecule has 0 bridgehead atoms. The quantitative estimate of drug-likeness (QED) is 0.0123. The second-order valence-corrected chi connectivity index (χ2v) is 19.3. The predicted molar refractivity (Wildman–Crippen MR) is 318 cm³/mol. The number of hydrogen-bond acceptors (Lipinski definition) is 18. The first-order chi connectivity index (χ1) is 40.3. The number of ether oxygens (including phenoxy) is 10. The maximum Gasteiger partial charge on any atom is 2.00 e. The molecule has 7 aromatic carbocycles. The summed E-state index contributed by atoms with van der Waals surface area (Å²) in [6, 6.07) is 37.7. The van der Waals surface area contributed by atoms with E-state index in [0.29, 0.717) is 61.3 Å². The third-order valence-corrected chi connectivity index (χ3v) is 13.0. The van der Waals surface area contributed by atoms with Gasteiger partial charge in [-0.05, 0) is 190 Å². The molecule has 1 aliphatic heterocycles. The van der Waals surface area contributed by atoms with Crippen LogP contribution in [0.1, 0.15) is 101 Å². The minimum absolute atomic E-state index is 0. The van der Waals surface area contributed by atoms with Gasteiger partial charge in [-0.3, -0.25) is 0 Å². The fourth-order valence-corrected chi connectivity index (χ4v) is 7.76. The number of epoxide rings is 1. The van der Waals surface area contributed by atoms with Crippen LogP contribution in [0.25, 0.3) is 0 Å². The van der Waals surface area contributed by atoms with Crippen LogP contribution in [-0.2, 0) is 9.47 Å². The van der Waals surface area contributed by atoms with Crippen LogP contribution in [0.5, 0.6) is 57.5 Å². The molecule has 0 N–H and O–H groups in total. The SMILES string of the molecule is [CH2-]C1CO1.[CH2-]CCCOc1ccc(C(=O)Oc2cc(OC(=O)c3ccc(OC(=O)c4ccc(OI)cc4)cc3)c(OC(=O)c3ccc(OCCCCOCC4CC4)cc3)cc2OC(=O)c2ccc(OC(=O)c3ccc(OI)cc3)cc2)cc1.[U+2]. The topological polar surface area (TPSA) is 216 Å². The molecule has 18 nitrogen and oxygen atoms in total. The molecule has 1 unspecified atom stereocenters. The Kier molecular flexibility index (Phi) is 25.3. The van der Waals surface area contributed by atoms with Crippen molar-refractivity contribution in [3.63, 3.8) is 0 Å². The van der Waals surface area contributed by atoms with Gasteiger partial charge < -0.3 is 67.3 Å². The van der Waals surface area contributed by atoms with Crippen LogP contribution in [-0.4, -0.2) is 75.0 Å². The summed E-state index contributed by atoms with van der Waals surface area (Å²) in [5.41, 5.74) is 0.561. The largest absolute Gasteiger partial charge is 2.00 e. The third kappa shape index (κ3) is 20.4. The van der Waals surface area contributed by atoms with E-state index in [4.69, 9.17) is 48.8 Å². The molecule has 2 aliphatic rings. The molecule has 2 fully saturated rings. The smallest absolute Gasteiger partial charge is 0.494 e. The van der Waals surface area contributed by atoms with E-state index in [1.165, 1.54) is 110 Å². The van der Waals surface area contributed by atoms with Gasteiger partial charge >= 0.3 is 66.9 Å². The predicted octanol–water partition coefficient (Wildman–Crippen LogP) is 13.3. The van der Waals surface area contributed by atoms with E-state index < -0.39 is 58.8 Å². The Labute approximate surface area is 536 Å². The summed E-state index contributed by atoms with van der Waals surface area (Å²) < 4.78 is 66.5. The van der Waals surface area contributed by atoms with Gasteiger partial charge in [-0.25, -0.2) is 28.8 Å². The number of carbonyl (C=O) groups excluding carboxylic acids is 6. The van der Waals surface area contributed by atoms with E-state index in [1.807, 2.05) is 0 Å². The number of rotatable bonds is 26. The third-order valence-electron chi connectivity index (χ3n) is 12.0. The van der Waals surface area contributed by atoms with Gasteiger partial charge in [0.2, 0.25) is 0 Å². The molecule has 1 saturated carbocycles. The Balaban J connectivity index is 0.00000194. The van der Waals surface area contributed by atoms with Gasteiger partial charge in [0.05, 0.1) is 46.6 Å². The number of hydrogen-bond donors (Lipinski definition) is 0. The van der Waals surface area contributed by atoms with Crippen molar-refractivity contribution in [3.05, 3.63) is 205 Å². The first-order valence-electron chi connectivity index (χ1n) is 26.1. The molecule has 9 rings (SSSR count). The van der Waals surface area contributed by atoms with E-state index >= 15 is 0 Å². The summed E-state index contributed by atoms with van der Waals surface area (Å²) in [6.07, 6.45) is 5.78. The molecule has 0 amide bonds. The maximum absolute atomic E-state index is 13.9. The van der Waals surface area contributed by atoms with Crippen LogP contribution in [0.2, 0.25) is 0 Å². The van der Waals surface area contributed by atoms with Crippen molar-refractivity contribution in [2.45, 2.75) is 44.6 Å². The van der Waals surface area contributed by atoms with E-state index in [0.717, 1.165) is 44.6 Å². The summed E-state index contributed by atoms with van der Waals surface area (Å²) in [4.78, 5) is 81.4. The fraction of sp³-hybridized carbons (Fsp3) is 0.206. The molecule has 7 aromatic rings. The molecular formula is C63H54I2O18U. The summed E-state index contributed by atoms with van der Waals surface area (Å²) >= 11 is 3.44. The molecule has 21 heteroatoms. The summed E-state index contributed by atoms with van der Waals surface area (Å²) in [7, 11) is 0. The number of unbranched alkanes of at least 4 members (excludes halogenated alkanes) is 2. The van der Waals surface area contributed by atoms with Crippen molar-refractivity contribution in [2.24, 2.45) is 5.92 Å². The van der Waals surface area contributed by atoms with E-state index in [-0.39, 0.29) is 76.0 Å². The van der Waals surface area contributed by atoms with E-state index in [9.17, 15) is 28.8 Å². The molecule has 1 aliphatic carbocycles. The first-order valence-corrected chi connectivity index (χ1v) is 27.9. The van der Waals surface area contributed by atoms with Crippen molar-refractivity contribution >= 4 is 81.8 Å². The first kappa shape index (κ1) is 64.6. The number of halogens is 2. The molecule has 1 heterocycles. The Morgan fingerprint density at radius 3 is 0.976 bits per heavy atom. The van der Waals surface area contributed by atoms with Crippen LogP contribution >= 0.6 is 46.0 Å². The maximum atomic E-state index is 13.9. The van der Waals surface area contributed by atoms with Crippen molar-refractivity contribution in [2.75, 3.05) is 33.0 Å². The molecule has 0 radical (unpaired) electrons. The molecule has 0 spiro atoms. The fourth-order valence-electron chi connectivity index (χ4n) is 7.18. The molecule has 1 saturated heterocycles. The molecule has 0 aromatic heterocycles. The van der Waals surface area contributed by atoms with Gasteiger partial charge in [0.25, 0.3) is 0 Å². The number of esters is 6. The molecule has 84 heavy (non-hydrogen) atoms. The van der Waals surface area contributed by atoms with E-state index in [1.54, 1.807) is 94.5 Å². The molecular weight excluding hydrogens is 1540 g/mol. The Hall–Kier alpha value is -7.01. The second-order valence-electron chi connectivity index (χ2n) is 18.5. The van der Waals surface area contributed by atoms with Crippen molar-refractivity contribution < 1.29 is 113 Å². The summed E-state index contributed by atoms with van der Waals surface area (Å²) in [5.74, 6) is -3.89. The summed E-state index contributed by atoms with van der Waals surface area (Å²) in [5, 5.41) is 0. The van der Waals surface area contributed by atoms with Crippen LogP contribution in [0, 0.1) is 50.9 Å². The summed E-state index contributed by atoms with van der Waals surface area (Å²) in [6.45, 7) is 10.5. The molecule has 1 atom stereocenters. The average molecular weight is 1590 g/mol. The van der Waals surface area contributed by atoms with Crippen LogP contribution in [0.15, 0.2) is 158 Å². The van der Waals surface area contributed by atoms with Gasteiger partial charge in [0.15, 0.2) is 69.0 Å². The van der Waals surface area contributed by atoms with Crippen LogP contribution in [0.3, 0.4) is 0 Å². The van der Waals surface area contributed by atoms with Crippen LogP contribution < -0.4 is 44.0 Å².